The number of hydrogen-bond donors (Lipinski definition) is 0. The van der Waals surface area contributed by atoms with E-state index < -0.39 is 0 Å². The molecule has 0 N–H and O–H groups in total. The van der Waals surface area contributed by atoms with Crippen molar-refractivity contribution < 1.29 is 9.53 Å². The maximum Gasteiger partial charge on any atom is 0.223 e. The molecule has 6 rings (SSSR count). The molecule has 2 aromatic rings. The lowest BCUT2D eigenvalue weighted by Gasteiger charge is -2.51. The first-order valence-electron chi connectivity index (χ1n) is 11.3. The second kappa shape index (κ2) is 6.58. The fourth-order valence-corrected chi connectivity index (χ4v) is 7.47. The largest absolute Gasteiger partial charge is 0.497 e. The summed E-state index contributed by atoms with van der Waals surface area (Å²) in [5.74, 6) is 3.01. The van der Waals surface area contributed by atoms with Crippen molar-refractivity contribution in [1.29, 1.82) is 0 Å². The SMILES string of the molecule is COc1ccc2c(c1)C13CC(=O)N(Cc4ccccc4)C[C@H]1C1CC3C(C2)CN1C. The van der Waals surface area contributed by atoms with Crippen LogP contribution in [0.2, 0.25) is 0 Å². The molecule has 2 aliphatic carbocycles. The van der Waals surface area contributed by atoms with Crippen LogP contribution in [0.4, 0.5) is 0 Å². The lowest BCUT2D eigenvalue weighted by Crippen LogP contribution is -2.56. The van der Waals surface area contributed by atoms with E-state index >= 15 is 0 Å². The molecule has 2 heterocycles. The first-order chi connectivity index (χ1) is 14.6. The second-order valence-electron chi connectivity index (χ2n) is 9.92. The van der Waals surface area contributed by atoms with Gasteiger partial charge in [0.25, 0.3) is 0 Å². The summed E-state index contributed by atoms with van der Waals surface area (Å²) < 4.78 is 5.62. The third kappa shape index (κ3) is 2.46. The summed E-state index contributed by atoms with van der Waals surface area (Å²) in [4.78, 5) is 18.3. The van der Waals surface area contributed by atoms with Gasteiger partial charge in [0.1, 0.15) is 5.75 Å². The van der Waals surface area contributed by atoms with Crippen LogP contribution >= 0.6 is 0 Å². The van der Waals surface area contributed by atoms with Gasteiger partial charge in [0, 0.05) is 43.4 Å². The van der Waals surface area contributed by atoms with Gasteiger partial charge >= 0.3 is 0 Å². The zero-order valence-corrected chi connectivity index (χ0v) is 17.9. The maximum atomic E-state index is 13.6. The number of ether oxygens (including phenoxy) is 1. The fourth-order valence-electron chi connectivity index (χ4n) is 7.47. The molecule has 1 spiro atoms. The van der Waals surface area contributed by atoms with Crippen molar-refractivity contribution in [2.24, 2.45) is 17.8 Å². The van der Waals surface area contributed by atoms with Gasteiger partial charge in [-0.15, -0.1) is 0 Å². The molecule has 2 bridgehead atoms. The Balaban J connectivity index is 1.44. The first kappa shape index (κ1) is 18.4. The lowest BCUT2D eigenvalue weighted by atomic mass is 9.55. The monoisotopic (exact) mass is 402 g/mol. The summed E-state index contributed by atoms with van der Waals surface area (Å²) in [5, 5.41) is 0. The zero-order chi connectivity index (χ0) is 20.5. The standard InChI is InChI=1S/C26H30N2O2/c1-27-15-19-10-18-8-9-20(30-2)11-21(18)26-13-25(29)28(14-17-6-4-3-5-7-17)16-23(26)24(27)12-22(19)26/h3-9,11,19,22-24H,10,12-16H2,1-2H3/t19?,22?,23-,24?,26?/m0/s1. The number of nitrogens with zero attached hydrogens (tertiary/aromatic N) is 2. The molecule has 3 fully saturated rings. The number of rotatable bonds is 3. The summed E-state index contributed by atoms with van der Waals surface area (Å²) in [5.41, 5.74) is 4.06. The number of piperidine rings is 2. The van der Waals surface area contributed by atoms with Crippen molar-refractivity contribution in [3.63, 3.8) is 0 Å². The van der Waals surface area contributed by atoms with E-state index in [2.05, 4.69) is 59.3 Å². The van der Waals surface area contributed by atoms with Crippen LogP contribution in [0, 0.1) is 17.8 Å². The molecular weight excluding hydrogens is 372 g/mol. The van der Waals surface area contributed by atoms with Crippen molar-refractivity contribution in [3.05, 3.63) is 65.2 Å². The minimum atomic E-state index is -0.0213. The van der Waals surface area contributed by atoms with E-state index in [-0.39, 0.29) is 5.41 Å². The van der Waals surface area contributed by atoms with Gasteiger partial charge in [-0.3, -0.25) is 4.79 Å². The van der Waals surface area contributed by atoms with Gasteiger partial charge in [-0.2, -0.15) is 0 Å². The van der Waals surface area contributed by atoms with Crippen molar-refractivity contribution in [2.45, 2.75) is 37.3 Å². The van der Waals surface area contributed by atoms with Gasteiger partial charge in [-0.1, -0.05) is 36.4 Å². The quantitative estimate of drug-likeness (QED) is 0.788. The van der Waals surface area contributed by atoms with Gasteiger partial charge < -0.3 is 14.5 Å². The highest BCUT2D eigenvalue weighted by atomic mass is 16.5. The third-order valence-electron chi connectivity index (χ3n) is 8.67. The molecule has 1 amide bonds. The predicted molar refractivity (Wildman–Crippen MR) is 116 cm³/mol. The molecular formula is C26H30N2O2. The van der Waals surface area contributed by atoms with E-state index in [0.29, 0.717) is 36.1 Å². The lowest BCUT2D eigenvalue weighted by molar-refractivity contribution is -0.140. The van der Waals surface area contributed by atoms with Gasteiger partial charge in [0.2, 0.25) is 5.91 Å². The molecule has 0 radical (unpaired) electrons. The molecule has 156 valence electrons. The van der Waals surface area contributed by atoms with Gasteiger partial charge in [0.05, 0.1) is 7.11 Å². The molecule has 2 aliphatic heterocycles. The molecule has 4 aliphatic rings. The Hall–Kier alpha value is -2.33. The van der Waals surface area contributed by atoms with Gasteiger partial charge in [-0.05, 0) is 60.5 Å². The molecule has 30 heavy (non-hydrogen) atoms. The molecule has 4 unspecified atom stereocenters. The number of carbonyl (C=O) groups is 1. The Morgan fingerprint density at radius 1 is 1.10 bits per heavy atom. The smallest absolute Gasteiger partial charge is 0.223 e. The van der Waals surface area contributed by atoms with Crippen LogP contribution in [0.3, 0.4) is 0 Å². The minimum Gasteiger partial charge on any atom is -0.497 e. The third-order valence-corrected chi connectivity index (χ3v) is 8.67. The highest BCUT2D eigenvalue weighted by Gasteiger charge is 2.65. The summed E-state index contributed by atoms with van der Waals surface area (Å²) in [6.45, 7) is 2.75. The van der Waals surface area contributed by atoms with E-state index in [1.165, 1.54) is 23.1 Å². The first-order valence-corrected chi connectivity index (χ1v) is 11.3. The average Bonchev–Trinajstić information content (AvgIpc) is 3.07. The van der Waals surface area contributed by atoms with E-state index in [1.54, 1.807) is 7.11 Å². The minimum absolute atomic E-state index is 0.0213. The summed E-state index contributed by atoms with van der Waals surface area (Å²) in [6.07, 6.45) is 3.02. The predicted octanol–water partition coefficient (Wildman–Crippen LogP) is 3.49. The molecule has 2 saturated heterocycles. The second-order valence-corrected chi connectivity index (χ2v) is 9.92. The van der Waals surface area contributed by atoms with E-state index in [0.717, 1.165) is 31.8 Å². The highest BCUT2D eigenvalue weighted by Crippen LogP contribution is 2.63. The summed E-state index contributed by atoms with van der Waals surface area (Å²) >= 11 is 0. The van der Waals surface area contributed by atoms with Crippen molar-refractivity contribution >= 4 is 5.91 Å². The normalized spacial score (nSPS) is 34.5. The van der Waals surface area contributed by atoms with Crippen LogP contribution in [0.5, 0.6) is 5.75 Å². The highest BCUT2D eigenvalue weighted by molar-refractivity contribution is 5.80. The Labute approximate surface area is 178 Å². The van der Waals surface area contributed by atoms with Crippen LogP contribution in [0.25, 0.3) is 0 Å². The number of amides is 1. The number of methoxy groups -OCH3 is 1. The number of hydrogen-bond acceptors (Lipinski definition) is 3. The average molecular weight is 403 g/mol. The Morgan fingerprint density at radius 2 is 1.93 bits per heavy atom. The number of fused-ring (bicyclic) bond motifs is 3. The van der Waals surface area contributed by atoms with Gasteiger partial charge in [-0.25, -0.2) is 0 Å². The van der Waals surface area contributed by atoms with Crippen LogP contribution in [-0.4, -0.2) is 49.0 Å². The van der Waals surface area contributed by atoms with E-state index in [1.807, 2.05) is 6.07 Å². The van der Waals surface area contributed by atoms with Crippen LogP contribution < -0.4 is 4.74 Å². The molecule has 0 aromatic heterocycles. The zero-order valence-electron chi connectivity index (χ0n) is 17.9. The van der Waals surface area contributed by atoms with Crippen molar-refractivity contribution in [1.82, 2.24) is 9.80 Å². The number of carbonyl (C=O) groups excluding carboxylic acids is 1. The van der Waals surface area contributed by atoms with Crippen molar-refractivity contribution in [2.75, 3.05) is 27.2 Å². The van der Waals surface area contributed by atoms with Crippen LogP contribution in [0.1, 0.15) is 29.5 Å². The van der Waals surface area contributed by atoms with Crippen LogP contribution in [-0.2, 0) is 23.2 Å². The Kier molecular flexibility index (Phi) is 4.05. The molecule has 4 nitrogen and oxygen atoms in total. The van der Waals surface area contributed by atoms with E-state index in [4.69, 9.17) is 4.74 Å². The maximum absolute atomic E-state index is 13.6. The molecule has 4 heteroatoms. The van der Waals surface area contributed by atoms with Gasteiger partial charge in [0.15, 0.2) is 0 Å². The molecule has 2 aromatic carbocycles. The Morgan fingerprint density at radius 3 is 2.73 bits per heavy atom. The Bertz CT molecular complexity index is 990. The van der Waals surface area contributed by atoms with E-state index in [9.17, 15) is 4.79 Å². The topological polar surface area (TPSA) is 32.8 Å². The number of likely N-dealkylation sites (tertiary alicyclic amines) is 2. The van der Waals surface area contributed by atoms with Crippen LogP contribution in [0.15, 0.2) is 48.5 Å². The molecule has 1 saturated carbocycles. The molecule has 5 atom stereocenters. The summed E-state index contributed by atoms with van der Waals surface area (Å²) in [7, 11) is 4.05. The number of benzene rings is 2. The fraction of sp³-hybridized carbons (Fsp3) is 0.500. The van der Waals surface area contributed by atoms with Crippen molar-refractivity contribution in [3.8, 4) is 5.75 Å². The summed E-state index contributed by atoms with van der Waals surface area (Å²) in [6, 6.07) is 17.6.